The van der Waals surface area contributed by atoms with Gasteiger partial charge in [0.15, 0.2) is 0 Å². The molecule has 2 aliphatic carbocycles. The van der Waals surface area contributed by atoms with Gasteiger partial charge in [-0.25, -0.2) is 0 Å². The molecule has 2 bridgehead atoms. The first-order valence-corrected chi connectivity index (χ1v) is 8.51. The summed E-state index contributed by atoms with van der Waals surface area (Å²) in [6.45, 7) is 2.36. The van der Waals surface area contributed by atoms with E-state index in [0.717, 1.165) is 17.8 Å². The van der Waals surface area contributed by atoms with E-state index in [1.807, 2.05) is 0 Å². The average Bonchev–Trinajstić information content (AvgIpc) is 2.95. The fourth-order valence-electron chi connectivity index (χ4n) is 4.84. The van der Waals surface area contributed by atoms with E-state index in [-0.39, 0.29) is 0 Å². The molecule has 0 radical (unpaired) electrons. The van der Waals surface area contributed by atoms with Gasteiger partial charge in [-0.05, 0) is 61.1 Å². The summed E-state index contributed by atoms with van der Waals surface area (Å²) >= 11 is 3.63. The van der Waals surface area contributed by atoms with Crippen LogP contribution in [-0.4, -0.2) is 13.1 Å². The predicted octanol–water partition coefficient (Wildman–Crippen LogP) is 4.12. The normalized spacial score (nSPS) is 35.3. The van der Waals surface area contributed by atoms with Crippen LogP contribution in [0.5, 0.6) is 0 Å². The van der Waals surface area contributed by atoms with Crippen LogP contribution in [-0.2, 0) is 5.41 Å². The van der Waals surface area contributed by atoms with Crippen molar-refractivity contribution in [2.75, 3.05) is 13.1 Å². The Kier molecular flexibility index (Phi) is 3.00. The molecular weight excluding hydrogens is 298 g/mol. The molecule has 1 aromatic rings. The third-order valence-electron chi connectivity index (χ3n) is 5.90. The monoisotopic (exact) mass is 319 g/mol. The Balaban J connectivity index is 1.57. The second kappa shape index (κ2) is 4.60. The van der Waals surface area contributed by atoms with Crippen molar-refractivity contribution < 1.29 is 0 Å². The first-order chi connectivity index (χ1) is 9.25. The number of benzene rings is 1. The summed E-state index contributed by atoms with van der Waals surface area (Å²) in [7, 11) is 0. The van der Waals surface area contributed by atoms with Crippen LogP contribution in [0, 0.1) is 17.8 Å². The van der Waals surface area contributed by atoms with E-state index in [1.54, 1.807) is 5.56 Å². The van der Waals surface area contributed by atoms with Crippen molar-refractivity contribution in [3.8, 4) is 0 Å². The van der Waals surface area contributed by atoms with Gasteiger partial charge < -0.3 is 5.32 Å². The van der Waals surface area contributed by atoms with Gasteiger partial charge in [-0.3, -0.25) is 0 Å². The largest absolute Gasteiger partial charge is 0.315 e. The lowest BCUT2D eigenvalue weighted by molar-refractivity contribution is 0.180. The minimum atomic E-state index is 0.429. The smallest absolute Gasteiger partial charge is 0.0205 e. The Morgan fingerprint density at radius 3 is 2.68 bits per heavy atom. The Bertz CT molecular complexity index is 480. The van der Waals surface area contributed by atoms with Gasteiger partial charge in [0.25, 0.3) is 0 Å². The molecule has 4 rings (SSSR count). The molecule has 3 aliphatic rings. The quantitative estimate of drug-likeness (QED) is 0.883. The molecule has 0 spiro atoms. The minimum absolute atomic E-state index is 0.429. The Morgan fingerprint density at radius 1 is 1.21 bits per heavy atom. The van der Waals surface area contributed by atoms with E-state index in [2.05, 4.69) is 45.5 Å². The second-order valence-corrected chi connectivity index (χ2v) is 7.95. The van der Waals surface area contributed by atoms with Crippen molar-refractivity contribution in [3.63, 3.8) is 0 Å². The summed E-state index contributed by atoms with van der Waals surface area (Å²) in [6.07, 6.45) is 7.49. The molecule has 0 amide bonds. The van der Waals surface area contributed by atoms with Gasteiger partial charge in [0.2, 0.25) is 0 Å². The molecule has 0 aromatic heterocycles. The summed E-state index contributed by atoms with van der Waals surface area (Å²) in [4.78, 5) is 0. The Hall–Kier alpha value is -0.340. The lowest BCUT2D eigenvalue weighted by Crippen LogP contribution is -2.57. The van der Waals surface area contributed by atoms with Crippen LogP contribution in [0.15, 0.2) is 28.7 Å². The third kappa shape index (κ3) is 2.08. The van der Waals surface area contributed by atoms with Gasteiger partial charge in [-0.1, -0.05) is 34.5 Å². The van der Waals surface area contributed by atoms with Gasteiger partial charge in [-0.15, -0.1) is 0 Å². The summed E-state index contributed by atoms with van der Waals surface area (Å²) in [6, 6.07) is 9.01. The molecule has 2 saturated carbocycles. The topological polar surface area (TPSA) is 12.0 Å². The zero-order valence-electron chi connectivity index (χ0n) is 11.4. The maximum absolute atomic E-state index is 3.63. The van der Waals surface area contributed by atoms with Crippen LogP contribution in [0.25, 0.3) is 0 Å². The maximum atomic E-state index is 3.63. The zero-order chi connectivity index (χ0) is 12.9. The predicted molar refractivity (Wildman–Crippen MR) is 82.2 cm³/mol. The van der Waals surface area contributed by atoms with Crippen LogP contribution in [0.4, 0.5) is 0 Å². The van der Waals surface area contributed by atoms with E-state index in [0.29, 0.717) is 5.41 Å². The highest BCUT2D eigenvalue weighted by Crippen LogP contribution is 2.52. The molecule has 1 aromatic carbocycles. The van der Waals surface area contributed by atoms with Crippen molar-refractivity contribution >= 4 is 15.9 Å². The van der Waals surface area contributed by atoms with Crippen LogP contribution in [0.3, 0.4) is 0 Å². The van der Waals surface area contributed by atoms with E-state index < -0.39 is 0 Å². The zero-order valence-corrected chi connectivity index (χ0v) is 13.0. The number of hydrogen-bond acceptors (Lipinski definition) is 1. The molecule has 3 fully saturated rings. The van der Waals surface area contributed by atoms with Crippen molar-refractivity contribution in [2.45, 2.75) is 37.5 Å². The van der Waals surface area contributed by atoms with Crippen LogP contribution < -0.4 is 5.32 Å². The maximum Gasteiger partial charge on any atom is 0.0205 e. The molecule has 2 heteroatoms. The summed E-state index contributed by atoms with van der Waals surface area (Å²) < 4.78 is 1.23. The molecule has 19 heavy (non-hydrogen) atoms. The number of hydrogen-bond donors (Lipinski definition) is 1. The highest BCUT2D eigenvalue weighted by atomic mass is 79.9. The molecule has 3 unspecified atom stereocenters. The van der Waals surface area contributed by atoms with Gasteiger partial charge in [0.1, 0.15) is 0 Å². The van der Waals surface area contributed by atoms with Gasteiger partial charge in [-0.2, -0.15) is 0 Å². The van der Waals surface area contributed by atoms with Gasteiger partial charge in [0, 0.05) is 23.0 Å². The van der Waals surface area contributed by atoms with Crippen LogP contribution in [0.2, 0.25) is 0 Å². The molecule has 1 aliphatic heterocycles. The number of nitrogens with one attached hydrogen (secondary N) is 1. The van der Waals surface area contributed by atoms with E-state index in [4.69, 9.17) is 0 Å². The van der Waals surface area contributed by atoms with Gasteiger partial charge >= 0.3 is 0 Å². The highest BCUT2D eigenvalue weighted by molar-refractivity contribution is 9.10. The molecule has 1 nitrogen and oxygen atoms in total. The first kappa shape index (κ1) is 12.4. The molecular formula is C17H22BrN. The number of halogens is 1. The van der Waals surface area contributed by atoms with E-state index >= 15 is 0 Å². The Morgan fingerprint density at radius 2 is 2.11 bits per heavy atom. The molecule has 102 valence electrons. The summed E-state index contributed by atoms with van der Waals surface area (Å²) in [5.41, 5.74) is 1.97. The van der Waals surface area contributed by atoms with Crippen molar-refractivity contribution in [1.29, 1.82) is 0 Å². The fraction of sp³-hybridized carbons (Fsp3) is 0.647. The standard InChI is InChI=1S/C17H22BrN/c18-16-3-1-2-15(8-16)17(10-19-11-17)9-14-7-12-4-5-13(14)6-12/h1-3,8,12-14,19H,4-7,9-11H2. The number of rotatable bonds is 3. The van der Waals surface area contributed by atoms with Crippen LogP contribution in [0.1, 0.15) is 37.7 Å². The lowest BCUT2D eigenvalue weighted by atomic mass is 9.67. The minimum Gasteiger partial charge on any atom is -0.315 e. The molecule has 1 heterocycles. The van der Waals surface area contributed by atoms with E-state index in [1.165, 1.54) is 49.7 Å². The van der Waals surface area contributed by atoms with Crippen molar-refractivity contribution in [2.24, 2.45) is 17.8 Å². The molecule has 1 saturated heterocycles. The van der Waals surface area contributed by atoms with E-state index in [9.17, 15) is 0 Å². The summed E-state index contributed by atoms with van der Waals surface area (Å²) in [5, 5.41) is 3.52. The first-order valence-electron chi connectivity index (χ1n) is 7.72. The fourth-order valence-corrected chi connectivity index (χ4v) is 5.24. The van der Waals surface area contributed by atoms with Crippen molar-refractivity contribution in [3.05, 3.63) is 34.3 Å². The van der Waals surface area contributed by atoms with Crippen molar-refractivity contribution in [1.82, 2.24) is 5.32 Å². The number of fused-ring (bicyclic) bond motifs is 2. The molecule has 1 N–H and O–H groups in total. The third-order valence-corrected chi connectivity index (χ3v) is 6.39. The highest BCUT2D eigenvalue weighted by Gasteiger charge is 2.46. The van der Waals surface area contributed by atoms with Gasteiger partial charge in [0.05, 0.1) is 0 Å². The SMILES string of the molecule is Brc1cccc(C2(CC3CC4CCC3C4)CNC2)c1. The second-order valence-electron chi connectivity index (χ2n) is 7.03. The summed E-state index contributed by atoms with van der Waals surface area (Å²) in [5.74, 6) is 3.12. The van der Waals surface area contributed by atoms with Crippen LogP contribution >= 0.6 is 15.9 Å². The molecule has 3 atom stereocenters. The Labute approximate surface area is 124 Å². The lowest BCUT2D eigenvalue weighted by Gasteiger charge is -2.46. The average molecular weight is 320 g/mol.